The van der Waals surface area contributed by atoms with Crippen molar-refractivity contribution in [2.24, 2.45) is 0 Å². The predicted octanol–water partition coefficient (Wildman–Crippen LogP) is 0.861. The van der Waals surface area contributed by atoms with Crippen LogP contribution >= 0.6 is 0 Å². The molecule has 27 valence electrons. The molecule has 0 spiro atoms. The fourth-order valence-electron chi connectivity index (χ4n) is 0. The van der Waals surface area contributed by atoms with Crippen LogP contribution in [0.25, 0.3) is 16.0 Å². The van der Waals surface area contributed by atoms with Crippen molar-refractivity contribution in [2.45, 2.75) is 0 Å². The van der Waals surface area contributed by atoms with E-state index in [0.717, 1.165) is 0 Å². The van der Waals surface area contributed by atoms with E-state index >= 15 is 0 Å². The molecule has 0 aromatic heterocycles. The van der Waals surface area contributed by atoms with Crippen molar-refractivity contribution in [1.82, 2.24) is 6.15 Å². The Morgan fingerprint density at radius 1 is 1.20 bits per heavy atom. The first kappa shape index (κ1) is 27.1. The lowest BCUT2D eigenvalue weighted by atomic mass is 10.8. The molecule has 0 saturated heterocycles. The number of hydrogen-bond acceptors (Lipinski definition) is 0. The highest BCUT2D eigenvalue weighted by Gasteiger charge is 0.689. The average molecular weight is 70.9 g/mol. The van der Waals surface area contributed by atoms with Crippen LogP contribution in [-0.2, 0) is 0 Å². The molecule has 4 N–H and O–H groups in total. The van der Waals surface area contributed by atoms with Crippen LogP contribution in [0.5, 0.6) is 0 Å². The van der Waals surface area contributed by atoms with Gasteiger partial charge in [0.25, 0.3) is 0 Å². The van der Waals surface area contributed by atoms with Crippen LogP contribution < -0.4 is 6.15 Å². The molecule has 0 bridgehead atoms. The molecular formula is H4BN4. The summed E-state index contributed by atoms with van der Waals surface area (Å²) in [5.74, 6) is 0. The molecule has 0 saturated carbocycles. The van der Waals surface area contributed by atoms with Gasteiger partial charge in [0.15, 0.2) is 0 Å². The Morgan fingerprint density at radius 2 is 1.20 bits per heavy atom. The summed E-state index contributed by atoms with van der Waals surface area (Å²) in [6.07, 6.45) is 0. The Morgan fingerprint density at radius 3 is 1.20 bits per heavy atom. The van der Waals surface area contributed by atoms with Crippen LogP contribution in [0.3, 0.4) is 0 Å². The number of quaternary nitrogens is 1. The second kappa shape index (κ2) is 162. The second-order valence-electron chi connectivity index (χ2n) is 0.0894. The number of nitrogens with zero attached hydrogens (tertiary/aromatic N) is 3. The minimum absolute atomic E-state index is 0. The van der Waals surface area contributed by atoms with Gasteiger partial charge >= 0.3 is 0 Å². The summed E-state index contributed by atoms with van der Waals surface area (Å²) >= 11 is 0. The van der Waals surface area contributed by atoms with E-state index in [-0.39, 0.29) is 14.6 Å². The van der Waals surface area contributed by atoms with Crippen molar-refractivity contribution < 1.29 is 0 Å². The first-order chi connectivity index (χ1) is 1.41. The van der Waals surface area contributed by atoms with Gasteiger partial charge in [0, 0.05) is 8.41 Å². The molecule has 4 nitrogen and oxygen atoms in total. The maximum atomic E-state index is 6.75. The summed E-state index contributed by atoms with van der Waals surface area (Å²) < 4.78 is 0. The van der Waals surface area contributed by atoms with Crippen LogP contribution in [0, 0.1) is 0 Å². The fraction of sp³-hybridized carbons (Fsp3) is 0. The fourth-order valence-corrected chi connectivity index (χ4v) is 0. The molecule has 0 aromatic carbocycles. The Bertz CT molecular complexity index is 24.6. The smallest absolute Gasteiger partial charge is 0 e. The van der Waals surface area contributed by atoms with E-state index in [0.29, 0.717) is 0 Å². The Hall–Kier alpha value is -0.665. The number of hydrogen-bond donors (Lipinski definition) is 1. The maximum absolute atomic E-state index is 6.75. The van der Waals surface area contributed by atoms with E-state index in [1.807, 2.05) is 0 Å². The van der Waals surface area contributed by atoms with Crippen LogP contribution in [0.15, 0.2) is 0 Å². The van der Waals surface area contributed by atoms with Crippen LogP contribution in [0.1, 0.15) is 0 Å². The Balaban J connectivity index is -0.0000000200. The number of rotatable bonds is 0. The third kappa shape index (κ3) is 13.4. The summed E-state index contributed by atoms with van der Waals surface area (Å²) in [6.45, 7) is 0. The zero-order chi connectivity index (χ0) is 2.71. The van der Waals surface area contributed by atoms with Crippen LogP contribution in [-0.4, -0.2) is 8.41 Å². The summed E-state index contributed by atoms with van der Waals surface area (Å²) in [5.41, 5.74) is 13.5. The molecule has 0 aliphatic rings. The molecular weight excluding hydrogens is 66.8 g/mol. The summed E-state index contributed by atoms with van der Waals surface area (Å²) in [6, 6.07) is 0. The molecule has 3 radical (unpaired) electrons. The van der Waals surface area contributed by atoms with Gasteiger partial charge in [0.2, 0.25) is 0 Å². The lowest BCUT2D eigenvalue weighted by molar-refractivity contribution is 2.13. The van der Waals surface area contributed by atoms with Crippen molar-refractivity contribution in [3.05, 3.63) is 16.0 Å². The normalized spacial score (nSPS) is 1.60. The van der Waals surface area contributed by atoms with Gasteiger partial charge in [-0.05, 0) is 0 Å². The van der Waals surface area contributed by atoms with Gasteiger partial charge in [-0.3, -0.25) is 4.91 Å². The highest BCUT2D eigenvalue weighted by Crippen LogP contribution is 1.29. The van der Waals surface area contributed by atoms with Crippen molar-refractivity contribution in [3.8, 4) is 0 Å². The van der Waals surface area contributed by atoms with E-state index in [1.54, 1.807) is 0 Å². The van der Waals surface area contributed by atoms with Gasteiger partial charge in [0.05, 0.1) is 0 Å². The molecule has 0 fully saturated rings. The van der Waals surface area contributed by atoms with Gasteiger partial charge in [0.1, 0.15) is 0 Å². The molecule has 0 aromatic rings. The van der Waals surface area contributed by atoms with Gasteiger partial charge < -0.3 is 17.2 Å². The molecule has 0 aliphatic heterocycles. The zero-order valence-electron chi connectivity index (χ0n) is 2.92. The van der Waals surface area contributed by atoms with E-state index in [1.165, 1.54) is 4.91 Å². The molecule has 0 aliphatic carbocycles. The first-order valence-electron chi connectivity index (χ1n) is 0.400. The monoisotopic (exact) mass is 71.1 g/mol. The van der Waals surface area contributed by atoms with E-state index < -0.39 is 0 Å². The van der Waals surface area contributed by atoms with E-state index in [9.17, 15) is 0 Å². The topological polar surface area (TPSA) is 95.2 Å². The average Bonchev–Trinajstić information content (AvgIpc) is 0.918. The van der Waals surface area contributed by atoms with Gasteiger partial charge in [-0.15, -0.1) is 0 Å². The summed E-state index contributed by atoms with van der Waals surface area (Å²) in [7, 11) is 0. The first-order valence-corrected chi connectivity index (χ1v) is 0.400. The Kier molecular flexibility index (Phi) is 877. The van der Waals surface area contributed by atoms with E-state index in [2.05, 4.69) is 0 Å². The molecule has 0 rings (SSSR count). The second-order valence-corrected chi connectivity index (χ2v) is 0.0894. The molecule has 0 amide bonds. The van der Waals surface area contributed by atoms with Crippen molar-refractivity contribution in [3.63, 3.8) is 0 Å². The Labute approximate surface area is 31.8 Å². The highest BCUT2D eigenvalue weighted by atomic mass is 15.0. The lowest BCUT2D eigenvalue weighted by Gasteiger charge is -1.31. The van der Waals surface area contributed by atoms with Gasteiger partial charge in [-0.25, -0.2) is 0 Å². The molecule has 5 heteroatoms. The maximum Gasteiger partial charge on any atom is 0 e. The van der Waals surface area contributed by atoms with Gasteiger partial charge in [-0.1, -0.05) is 0 Å². The quantitative estimate of drug-likeness (QED) is 0.189. The summed E-state index contributed by atoms with van der Waals surface area (Å²) in [4.78, 5) is 1.50. The van der Waals surface area contributed by atoms with Crippen molar-refractivity contribution in [1.29, 1.82) is 0 Å². The SMILES string of the molecule is [B].[N-]=[N+]=[N-].[NH4+]. The minimum Gasteiger partial charge on any atom is -0.373 e. The standard InChI is InChI=1S/B.N3.H3N/c;1-3-2;/h;;1H3/q;-1;/p+1. The van der Waals surface area contributed by atoms with Gasteiger partial charge in [-0.2, -0.15) is 0 Å². The largest absolute Gasteiger partial charge is 0.373 e. The molecule has 5 heavy (non-hydrogen) atoms. The third-order valence-corrected chi connectivity index (χ3v) is 0. The lowest BCUT2D eigenvalue weighted by Crippen LogP contribution is -0.711. The molecule has 0 heterocycles. The highest BCUT2D eigenvalue weighted by molar-refractivity contribution is 5.75. The van der Waals surface area contributed by atoms with Crippen LogP contribution in [0.4, 0.5) is 0 Å². The zero-order valence-corrected chi connectivity index (χ0v) is 2.92. The minimum atomic E-state index is 0. The predicted molar refractivity (Wildman–Crippen MR) is 21.8 cm³/mol. The van der Waals surface area contributed by atoms with E-state index in [4.69, 9.17) is 11.1 Å². The summed E-state index contributed by atoms with van der Waals surface area (Å²) in [5, 5.41) is 0. The van der Waals surface area contributed by atoms with Crippen LogP contribution in [0.2, 0.25) is 0 Å². The molecule has 0 unspecified atom stereocenters. The van der Waals surface area contributed by atoms with Crippen molar-refractivity contribution in [2.75, 3.05) is 0 Å². The third-order valence-electron chi connectivity index (χ3n) is 0. The molecule has 0 atom stereocenters. The van der Waals surface area contributed by atoms with Crippen molar-refractivity contribution >= 4 is 8.41 Å².